The van der Waals surface area contributed by atoms with Gasteiger partial charge in [-0.05, 0) is 90.1 Å². The third-order valence-electron chi connectivity index (χ3n) is 13.1. The number of oxazole rings is 1. The first-order valence-electron chi connectivity index (χ1n) is 20.3. The second kappa shape index (κ2) is 14.7. The van der Waals surface area contributed by atoms with Crippen LogP contribution < -0.4 is 14.4 Å². The maximum atomic E-state index is 15.3. The highest BCUT2D eigenvalue weighted by Gasteiger charge is 2.65. The molecule has 6 atom stereocenters. The molecule has 6 aromatic rings. The largest absolute Gasteiger partial charge is 0.502 e. The number of amides is 2. The number of phenolic OH excluding ortho intramolecular Hbond substituents is 1. The van der Waals surface area contributed by atoms with Gasteiger partial charge in [0.25, 0.3) is 0 Å². The number of ketones is 2. The van der Waals surface area contributed by atoms with E-state index in [1.165, 1.54) is 25.2 Å². The number of benzene rings is 5. The highest BCUT2D eigenvalue weighted by atomic mass is 16.5. The first-order valence-corrected chi connectivity index (χ1v) is 20.3. The Bertz CT molecular complexity index is 2800. The number of allylic oxidation sites excluding steroid dienone is 5. The number of carbonyl (C=O) groups excluding carboxylic acids is 4. The maximum Gasteiger partial charge on any atom is 0.238 e. The number of Topliss-reactive ketones (excluding diaryl/α,β-unsaturated/α-hetero) is 1. The van der Waals surface area contributed by atoms with Gasteiger partial charge in [0.05, 0.1) is 37.2 Å². The summed E-state index contributed by atoms with van der Waals surface area (Å²) in [5.41, 5.74) is 4.25. The van der Waals surface area contributed by atoms with E-state index in [9.17, 15) is 14.7 Å². The Labute approximate surface area is 351 Å². The summed E-state index contributed by atoms with van der Waals surface area (Å²) in [4.78, 5) is 65.7. The van der Waals surface area contributed by atoms with Crippen molar-refractivity contribution in [3.63, 3.8) is 0 Å². The number of para-hydroxylation sites is 2. The third kappa shape index (κ3) is 5.88. The van der Waals surface area contributed by atoms with E-state index in [-0.39, 0.29) is 53.5 Å². The van der Waals surface area contributed by atoms with Crippen LogP contribution in [0, 0.1) is 29.6 Å². The molecule has 302 valence electrons. The maximum absolute atomic E-state index is 15.3. The van der Waals surface area contributed by atoms with Crippen molar-refractivity contribution in [1.29, 1.82) is 0 Å². The Kier molecular flexibility index (Phi) is 9.16. The lowest BCUT2D eigenvalue weighted by Crippen LogP contribution is -2.59. The lowest BCUT2D eigenvalue weighted by atomic mass is 9.45. The second-order valence-electron chi connectivity index (χ2n) is 16.0. The van der Waals surface area contributed by atoms with E-state index in [1.54, 1.807) is 36.4 Å². The number of aromatic hydroxyl groups is 1. The second-order valence-corrected chi connectivity index (χ2v) is 16.0. The van der Waals surface area contributed by atoms with E-state index < -0.39 is 35.0 Å². The van der Waals surface area contributed by atoms with Gasteiger partial charge in [0, 0.05) is 23.0 Å². The molecule has 1 N–H and O–H groups in total. The van der Waals surface area contributed by atoms with Crippen molar-refractivity contribution >= 4 is 51.8 Å². The molecule has 10 heteroatoms. The molecule has 0 bridgehead atoms. The van der Waals surface area contributed by atoms with Crippen LogP contribution in [-0.2, 0) is 24.6 Å². The molecule has 1 aliphatic heterocycles. The molecule has 10 nitrogen and oxygen atoms in total. The highest BCUT2D eigenvalue weighted by molar-refractivity contribution is 6.31. The van der Waals surface area contributed by atoms with Crippen LogP contribution >= 0.6 is 0 Å². The highest BCUT2D eigenvalue weighted by Crippen LogP contribution is 2.61. The zero-order valence-electron chi connectivity index (χ0n) is 33.4. The van der Waals surface area contributed by atoms with Crippen molar-refractivity contribution in [3.05, 3.63) is 162 Å². The fourth-order valence-corrected chi connectivity index (χ4v) is 10.3. The summed E-state index contributed by atoms with van der Waals surface area (Å²) in [6.07, 6.45) is 7.77. The fraction of sp³-hybridized carbons (Fsp3) is 0.196. The smallest absolute Gasteiger partial charge is 0.238 e. The van der Waals surface area contributed by atoms with Crippen molar-refractivity contribution in [2.45, 2.75) is 18.3 Å². The number of hydrogen-bond acceptors (Lipinski definition) is 9. The van der Waals surface area contributed by atoms with Gasteiger partial charge in [-0.2, -0.15) is 0 Å². The van der Waals surface area contributed by atoms with Gasteiger partial charge in [0.2, 0.25) is 23.5 Å². The molecule has 4 aliphatic rings. The van der Waals surface area contributed by atoms with Crippen molar-refractivity contribution in [2.24, 2.45) is 29.6 Å². The van der Waals surface area contributed by atoms with Gasteiger partial charge in [-0.3, -0.25) is 24.1 Å². The molecule has 2 heterocycles. The Morgan fingerprint density at radius 2 is 1.46 bits per heavy atom. The molecule has 0 radical (unpaired) electrons. The van der Waals surface area contributed by atoms with Crippen LogP contribution in [0.1, 0.15) is 29.5 Å². The molecule has 0 spiro atoms. The molecule has 1 saturated carbocycles. The summed E-state index contributed by atoms with van der Waals surface area (Å²) in [5.74, 6) is -3.90. The molecular formula is C51H40N2O8. The summed E-state index contributed by atoms with van der Waals surface area (Å²) >= 11 is 0. The zero-order valence-corrected chi connectivity index (χ0v) is 33.4. The number of methoxy groups -OCH3 is 2. The van der Waals surface area contributed by atoms with E-state index >= 15 is 9.59 Å². The molecule has 1 aromatic heterocycles. The van der Waals surface area contributed by atoms with Gasteiger partial charge in [0.1, 0.15) is 5.52 Å². The number of nitrogens with zero attached hydrogens (tertiary/aromatic N) is 2. The molecule has 2 amide bonds. The van der Waals surface area contributed by atoms with Gasteiger partial charge >= 0.3 is 0 Å². The van der Waals surface area contributed by atoms with E-state index in [2.05, 4.69) is 4.98 Å². The van der Waals surface area contributed by atoms with Crippen LogP contribution in [0.3, 0.4) is 0 Å². The summed E-state index contributed by atoms with van der Waals surface area (Å²) in [6.45, 7) is 0. The quantitative estimate of drug-likeness (QED) is 0.118. The number of carbonyl (C=O) groups is 4. The van der Waals surface area contributed by atoms with Crippen LogP contribution in [0.5, 0.6) is 17.2 Å². The average Bonchev–Trinajstić information content (AvgIpc) is 3.85. The molecular weight excluding hydrogens is 769 g/mol. The van der Waals surface area contributed by atoms with Crippen LogP contribution in [-0.4, -0.2) is 47.7 Å². The first-order chi connectivity index (χ1) is 29.7. The third-order valence-corrected chi connectivity index (χ3v) is 13.1. The van der Waals surface area contributed by atoms with Crippen molar-refractivity contribution < 1.29 is 38.2 Å². The fourth-order valence-electron chi connectivity index (χ4n) is 10.3. The van der Waals surface area contributed by atoms with Crippen LogP contribution in [0.15, 0.2) is 150 Å². The lowest BCUT2D eigenvalue weighted by Gasteiger charge is -2.54. The Morgan fingerprint density at radius 3 is 2.15 bits per heavy atom. The first kappa shape index (κ1) is 37.9. The number of fused-ring (bicyclic) bond motifs is 5. The lowest BCUT2D eigenvalue weighted by molar-refractivity contribution is -0.135. The van der Waals surface area contributed by atoms with Crippen LogP contribution in [0.25, 0.3) is 34.2 Å². The van der Waals surface area contributed by atoms with Crippen molar-refractivity contribution in [3.8, 4) is 28.7 Å². The summed E-state index contributed by atoms with van der Waals surface area (Å²) in [6, 6.07) is 36.5. The Morgan fingerprint density at radius 1 is 0.787 bits per heavy atom. The van der Waals surface area contributed by atoms with E-state index in [1.807, 2.05) is 103 Å². The predicted octanol–water partition coefficient (Wildman–Crippen LogP) is 8.79. The molecule has 3 aliphatic carbocycles. The summed E-state index contributed by atoms with van der Waals surface area (Å²) < 4.78 is 16.9. The Hall–Kier alpha value is -7.33. The van der Waals surface area contributed by atoms with Gasteiger partial charge in [-0.25, -0.2) is 4.98 Å². The van der Waals surface area contributed by atoms with Gasteiger partial charge in [-0.15, -0.1) is 0 Å². The number of rotatable bonds is 8. The standard InChI is InChI=1S/C51H40N2O8/c1-59-42-25-29(26-43(60-2)47(42)56)17-24-38-34-22-23-35-45(50(58)53(49(35)57)33-20-18-31(19-21-33)48-52-40-15-9-10-16-41(40)61-48)37(34)27-39-46(55)36(30-11-5-3-6-12-30)28-44(54)51(38,39)32-13-7-4-8-14-32/h3-22,24-26,28,35,37-39,45,56H,23,27H2,1-2H3/t35-,37+,38-,39-,45-,51-/m0/s1. The van der Waals surface area contributed by atoms with Crippen molar-refractivity contribution in [2.75, 3.05) is 19.1 Å². The molecule has 2 fully saturated rings. The average molecular weight is 809 g/mol. The Balaban J connectivity index is 1.09. The number of hydrogen-bond donors (Lipinski definition) is 1. The molecule has 61 heavy (non-hydrogen) atoms. The molecule has 5 aromatic carbocycles. The minimum Gasteiger partial charge on any atom is -0.502 e. The number of ether oxygens (including phenoxy) is 2. The van der Waals surface area contributed by atoms with Crippen LogP contribution in [0.4, 0.5) is 5.69 Å². The topological polar surface area (TPSA) is 136 Å². The summed E-state index contributed by atoms with van der Waals surface area (Å²) in [7, 11) is 2.90. The summed E-state index contributed by atoms with van der Waals surface area (Å²) in [5, 5.41) is 10.7. The normalized spacial score (nSPS) is 24.6. The minimum absolute atomic E-state index is 0.150. The van der Waals surface area contributed by atoms with Gasteiger partial charge in [-0.1, -0.05) is 96.6 Å². The monoisotopic (exact) mass is 808 g/mol. The molecule has 0 unspecified atom stereocenters. The number of aromatic nitrogens is 1. The van der Waals surface area contributed by atoms with Gasteiger partial charge in [0.15, 0.2) is 28.6 Å². The number of anilines is 1. The number of phenols is 1. The zero-order chi connectivity index (χ0) is 42.0. The number of imide groups is 1. The predicted molar refractivity (Wildman–Crippen MR) is 230 cm³/mol. The molecule has 1 saturated heterocycles. The van der Waals surface area contributed by atoms with E-state index in [4.69, 9.17) is 13.9 Å². The van der Waals surface area contributed by atoms with Crippen molar-refractivity contribution in [1.82, 2.24) is 4.98 Å². The minimum atomic E-state index is -1.38. The van der Waals surface area contributed by atoms with E-state index in [0.717, 1.165) is 11.1 Å². The SMILES string of the molecule is COc1cc(C=C[C@H]2C3=CC[C@@H]4C(=O)N(c5ccc(-c6nc7ccccc7o6)cc5)C(=O)[C@@H]4[C@@H]3C[C@H]3C(=O)C(c4ccccc4)=CC(=O)[C@@]23c2ccccc2)cc(OC)c1O. The van der Waals surface area contributed by atoms with Gasteiger partial charge < -0.3 is 19.0 Å². The van der Waals surface area contributed by atoms with Crippen LogP contribution in [0.2, 0.25) is 0 Å². The molecule has 10 rings (SSSR count). The van der Waals surface area contributed by atoms with E-state index in [0.29, 0.717) is 45.0 Å².